The minimum Gasteiger partial charge on any atom is -0.171 e. The van der Waals surface area contributed by atoms with Crippen LogP contribution in [0.2, 0.25) is 0 Å². The molecular weight excluding hydrogens is 208 g/mol. The van der Waals surface area contributed by atoms with Gasteiger partial charge in [-0.2, -0.15) is 5.43 Å². The average molecular weight is 235 g/mol. The molecule has 0 amide bonds. The Hall–Kier alpha value is -1.57. The van der Waals surface area contributed by atoms with E-state index in [1.54, 1.807) is 0 Å². The van der Waals surface area contributed by atoms with E-state index in [1.165, 1.54) is 5.56 Å². The van der Waals surface area contributed by atoms with Gasteiger partial charge in [0.2, 0.25) is 6.21 Å². The first kappa shape index (κ1) is 17.8. The van der Waals surface area contributed by atoms with Crippen LogP contribution in [0.4, 0.5) is 0 Å². The molecule has 17 heavy (non-hydrogen) atoms. The maximum atomic E-state index is 3.76. The number of nitrogens with zero attached hydrogens (tertiary/aromatic N) is 1. The van der Waals surface area contributed by atoms with Crippen LogP contribution in [-0.2, 0) is 0 Å². The molecule has 0 atom stereocenters. The molecule has 1 N–H and O–H groups in total. The molecule has 0 aromatic heterocycles. The molecular formula is C15H27N2+. The van der Waals surface area contributed by atoms with Crippen molar-refractivity contribution < 1.29 is 4.68 Å². The molecule has 96 valence electrons. The van der Waals surface area contributed by atoms with E-state index in [0.717, 1.165) is 5.70 Å². The molecule has 0 spiro atoms. The molecule has 0 aliphatic rings. The largest absolute Gasteiger partial charge is 0.200 e. The van der Waals surface area contributed by atoms with E-state index < -0.39 is 0 Å². The number of hydrogen-bond acceptors (Lipinski definition) is 1. The quantitative estimate of drug-likeness (QED) is 0.478. The van der Waals surface area contributed by atoms with Gasteiger partial charge in [-0.3, -0.25) is 0 Å². The zero-order valence-corrected chi connectivity index (χ0v) is 12.1. The van der Waals surface area contributed by atoms with Gasteiger partial charge in [0.15, 0.2) is 7.05 Å². The number of allylic oxidation sites excluding steroid dienone is 1. The first-order valence-electron chi connectivity index (χ1n) is 6.23. The Labute approximate surface area is 107 Å². The van der Waals surface area contributed by atoms with Gasteiger partial charge in [0.05, 0.1) is 5.70 Å². The third kappa shape index (κ3) is 10.7. The predicted molar refractivity (Wildman–Crippen MR) is 78.4 cm³/mol. The molecule has 1 aromatic carbocycles. The number of nitrogens with one attached hydrogen (secondary N) is 1. The molecule has 0 aliphatic carbocycles. The summed E-state index contributed by atoms with van der Waals surface area (Å²) >= 11 is 0. The number of hydrazine groups is 1. The Morgan fingerprint density at radius 3 is 2.00 bits per heavy atom. The Morgan fingerprint density at radius 1 is 1.12 bits per heavy atom. The van der Waals surface area contributed by atoms with Crippen molar-refractivity contribution in [2.75, 3.05) is 7.05 Å². The summed E-state index contributed by atoms with van der Waals surface area (Å²) in [5, 5.41) is 0. The highest BCUT2D eigenvalue weighted by atomic mass is 15.4. The molecule has 1 aromatic rings. The van der Waals surface area contributed by atoms with Crippen LogP contribution in [0.1, 0.15) is 40.2 Å². The van der Waals surface area contributed by atoms with Crippen LogP contribution in [0.25, 0.3) is 0 Å². The molecule has 0 saturated heterocycles. The van der Waals surface area contributed by atoms with Crippen molar-refractivity contribution in [3.8, 4) is 0 Å². The van der Waals surface area contributed by atoms with Crippen LogP contribution in [0.15, 0.2) is 42.6 Å². The van der Waals surface area contributed by atoms with Crippen LogP contribution in [0, 0.1) is 0 Å². The highest BCUT2D eigenvalue weighted by molar-refractivity contribution is 5.75. The Kier molecular flexibility index (Phi) is 13.1. The van der Waals surface area contributed by atoms with E-state index in [9.17, 15) is 0 Å². The number of hydrogen-bond donors (Lipinski definition) is 1. The van der Waals surface area contributed by atoms with E-state index in [-0.39, 0.29) is 0 Å². The van der Waals surface area contributed by atoms with Crippen molar-refractivity contribution in [1.82, 2.24) is 5.43 Å². The molecule has 2 nitrogen and oxygen atoms in total. The molecule has 0 fully saturated rings. The van der Waals surface area contributed by atoms with Gasteiger partial charge in [0, 0.05) is 5.56 Å². The minimum atomic E-state index is 0.926. The second-order valence-corrected chi connectivity index (χ2v) is 3.04. The van der Waals surface area contributed by atoms with E-state index in [0.29, 0.717) is 0 Å². The highest BCUT2D eigenvalue weighted by Crippen LogP contribution is 1.93. The van der Waals surface area contributed by atoms with E-state index in [2.05, 4.69) is 24.1 Å². The van der Waals surface area contributed by atoms with Gasteiger partial charge in [0.25, 0.3) is 0 Å². The highest BCUT2D eigenvalue weighted by Gasteiger charge is 1.95. The van der Waals surface area contributed by atoms with Crippen molar-refractivity contribution in [3.63, 3.8) is 0 Å². The minimum absolute atomic E-state index is 0.926. The van der Waals surface area contributed by atoms with Crippen molar-refractivity contribution in [3.05, 3.63) is 48.2 Å². The first-order valence-corrected chi connectivity index (χ1v) is 6.23. The molecule has 0 saturated carbocycles. The summed E-state index contributed by atoms with van der Waals surface area (Å²) in [4.78, 5) is 0. The van der Waals surface area contributed by atoms with Gasteiger partial charge in [-0.15, -0.1) is 4.68 Å². The van der Waals surface area contributed by atoms with E-state index >= 15 is 0 Å². The molecule has 2 heteroatoms. The Balaban J connectivity index is 0. The molecule has 0 radical (unpaired) electrons. The summed E-state index contributed by atoms with van der Waals surface area (Å²) in [5.41, 5.74) is 5.17. The lowest BCUT2D eigenvalue weighted by Crippen LogP contribution is -2.24. The number of rotatable bonds is 3. The number of hydrazone groups is 1. The fourth-order valence-electron chi connectivity index (χ4n) is 1.10. The summed E-state index contributed by atoms with van der Waals surface area (Å²) in [6.07, 6.45) is 2.01. The van der Waals surface area contributed by atoms with E-state index in [1.807, 2.05) is 70.8 Å². The van der Waals surface area contributed by atoms with Crippen LogP contribution in [-0.4, -0.2) is 17.9 Å². The molecule has 0 unspecified atom stereocenters. The van der Waals surface area contributed by atoms with Crippen LogP contribution in [0.3, 0.4) is 0 Å². The van der Waals surface area contributed by atoms with Crippen LogP contribution in [0.5, 0.6) is 0 Å². The maximum absolute atomic E-state index is 3.76. The van der Waals surface area contributed by atoms with Gasteiger partial charge in [-0.05, 0) is 19.1 Å². The van der Waals surface area contributed by atoms with Crippen molar-refractivity contribution in [1.29, 1.82) is 0 Å². The topological polar surface area (TPSA) is 15.0 Å². The maximum Gasteiger partial charge on any atom is 0.200 e. The van der Waals surface area contributed by atoms with E-state index in [4.69, 9.17) is 0 Å². The predicted octanol–water partition coefficient (Wildman–Crippen LogP) is 3.84. The lowest BCUT2D eigenvalue weighted by atomic mass is 10.2. The van der Waals surface area contributed by atoms with Gasteiger partial charge >= 0.3 is 0 Å². The molecule has 1 rings (SSSR count). The average Bonchev–Trinajstić information content (AvgIpc) is 2.34. The summed E-state index contributed by atoms with van der Waals surface area (Å²) < 4.78 is 1.89. The molecule has 0 bridgehead atoms. The fraction of sp³-hybridized carbons (Fsp3) is 0.400. The smallest absolute Gasteiger partial charge is 0.171 e. The molecule has 0 aliphatic heterocycles. The lowest BCUT2D eigenvalue weighted by molar-refractivity contribution is -0.546. The fourth-order valence-corrected chi connectivity index (χ4v) is 1.10. The second kappa shape index (κ2) is 12.5. The van der Waals surface area contributed by atoms with Crippen molar-refractivity contribution >= 4 is 6.21 Å². The zero-order chi connectivity index (χ0) is 13.7. The van der Waals surface area contributed by atoms with Gasteiger partial charge in [0.1, 0.15) is 0 Å². The van der Waals surface area contributed by atoms with Crippen molar-refractivity contribution in [2.24, 2.45) is 0 Å². The lowest BCUT2D eigenvalue weighted by Gasteiger charge is -1.98. The van der Waals surface area contributed by atoms with Gasteiger partial charge < -0.3 is 0 Å². The molecule has 0 heterocycles. The standard InChI is InChI=1S/C11H15N2.2C2H6/c1-10(2)12-13(3)9-11-7-5-4-6-8-11;2*1-2/h4-9,12H,1H2,2-3H3;2*1-2H3/q+1;;. The SMILES string of the molecule is C=C(C)N[N+](C)=Cc1ccccc1.CC.CC. The van der Waals surface area contributed by atoms with Crippen molar-refractivity contribution in [2.45, 2.75) is 34.6 Å². The first-order chi connectivity index (χ1) is 8.18. The zero-order valence-electron chi connectivity index (χ0n) is 12.1. The Bertz CT molecular complexity index is 313. The number of benzene rings is 1. The monoisotopic (exact) mass is 235 g/mol. The second-order valence-electron chi connectivity index (χ2n) is 3.04. The van der Waals surface area contributed by atoms with Gasteiger partial charge in [-0.1, -0.05) is 52.5 Å². The summed E-state index contributed by atoms with van der Waals surface area (Å²) in [7, 11) is 1.95. The normalized spacial score (nSPS) is 9.18. The Morgan fingerprint density at radius 2 is 1.59 bits per heavy atom. The van der Waals surface area contributed by atoms with Crippen LogP contribution >= 0.6 is 0 Å². The third-order valence-electron chi connectivity index (χ3n) is 1.51. The third-order valence-corrected chi connectivity index (χ3v) is 1.51. The summed E-state index contributed by atoms with van der Waals surface area (Å²) in [6, 6.07) is 10.1. The van der Waals surface area contributed by atoms with Crippen LogP contribution < -0.4 is 5.43 Å². The summed E-state index contributed by atoms with van der Waals surface area (Å²) in [6.45, 7) is 13.7. The van der Waals surface area contributed by atoms with Gasteiger partial charge in [-0.25, -0.2) is 0 Å². The summed E-state index contributed by atoms with van der Waals surface area (Å²) in [5.74, 6) is 0.